The smallest absolute Gasteiger partial charge is 0.200 e. The number of hydrogen-bond acceptors (Lipinski definition) is 3. The van der Waals surface area contributed by atoms with Crippen LogP contribution < -0.4 is 4.74 Å². The third kappa shape index (κ3) is 1.62. The van der Waals surface area contributed by atoms with E-state index in [0.29, 0.717) is 0 Å². The molecule has 0 bridgehead atoms. The third-order valence-electron chi connectivity index (χ3n) is 2.88. The van der Waals surface area contributed by atoms with Crippen molar-refractivity contribution in [1.29, 1.82) is 0 Å². The van der Waals surface area contributed by atoms with Crippen molar-refractivity contribution in [3.8, 4) is 17.3 Å². The number of hydrogen-bond donors (Lipinski definition) is 0. The van der Waals surface area contributed by atoms with Gasteiger partial charge in [0.1, 0.15) is 0 Å². The van der Waals surface area contributed by atoms with Gasteiger partial charge in [-0.1, -0.05) is 29.8 Å². The Kier molecular flexibility index (Phi) is 2.48. The van der Waals surface area contributed by atoms with Crippen LogP contribution in [-0.2, 0) is 0 Å². The van der Waals surface area contributed by atoms with Crippen LogP contribution in [0, 0.1) is 6.92 Å². The molecule has 3 aromatic rings. The number of rotatable bonds is 2. The molecule has 4 nitrogen and oxygen atoms in total. The van der Waals surface area contributed by atoms with E-state index in [0.717, 1.165) is 22.9 Å². The average molecular weight is 239 g/mol. The van der Waals surface area contributed by atoms with Crippen molar-refractivity contribution >= 4 is 5.65 Å². The molecule has 0 aliphatic rings. The summed E-state index contributed by atoms with van der Waals surface area (Å²) in [4.78, 5) is 0. The van der Waals surface area contributed by atoms with Crippen LogP contribution in [0.1, 0.15) is 5.56 Å². The highest BCUT2D eigenvalue weighted by Gasteiger charge is 2.11. The summed E-state index contributed by atoms with van der Waals surface area (Å²) < 4.78 is 7.27. The topological polar surface area (TPSA) is 39.4 Å². The van der Waals surface area contributed by atoms with Crippen molar-refractivity contribution in [2.24, 2.45) is 0 Å². The van der Waals surface area contributed by atoms with Gasteiger partial charge in [0, 0.05) is 5.56 Å². The Morgan fingerprint density at radius 3 is 2.67 bits per heavy atom. The standard InChI is InChI=1S/C14H13N3O/c1-10-5-3-6-11(9-10)14-16-15-12-7-4-8-13(18-2)17(12)14/h3-9H,1-2H3. The number of fused-ring (bicyclic) bond motifs is 1. The van der Waals surface area contributed by atoms with Crippen LogP contribution in [-0.4, -0.2) is 21.7 Å². The molecular formula is C14H13N3O. The van der Waals surface area contributed by atoms with Gasteiger partial charge in [0.15, 0.2) is 11.5 Å². The number of pyridine rings is 1. The summed E-state index contributed by atoms with van der Waals surface area (Å²) in [6.07, 6.45) is 0. The van der Waals surface area contributed by atoms with Gasteiger partial charge in [-0.3, -0.25) is 0 Å². The van der Waals surface area contributed by atoms with E-state index >= 15 is 0 Å². The summed E-state index contributed by atoms with van der Waals surface area (Å²) in [5.74, 6) is 1.53. The minimum atomic E-state index is 0.731. The van der Waals surface area contributed by atoms with Crippen LogP contribution >= 0.6 is 0 Å². The fraction of sp³-hybridized carbons (Fsp3) is 0.143. The zero-order valence-corrected chi connectivity index (χ0v) is 10.3. The van der Waals surface area contributed by atoms with Crippen molar-refractivity contribution in [3.63, 3.8) is 0 Å². The van der Waals surface area contributed by atoms with Crippen LogP contribution in [0.5, 0.6) is 5.88 Å². The van der Waals surface area contributed by atoms with Gasteiger partial charge in [0.2, 0.25) is 5.88 Å². The minimum absolute atomic E-state index is 0.731. The molecule has 0 saturated heterocycles. The maximum absolute atomic E-state index is 5.36. The molecule has 0 atom stereocenters. The highest BCUT2D eigenvalue weighted by atomic mass is 16.5. The van der Waals surface area contributed by atoms with Crippen LogP contribution in [0.2, 0.25) is 0 Å². The molecule has 3 rings (SSSR count). The summed E-state index contributed by atoms with van der Waals surface area (Å²) in [6.45, 7) is 2.06. The van der Waals surface area contributed by atoms with Crippen LogP contribution in [0.25, 0.3) is 17.0 Å². The van der Waals surface area contributed by atoms with E-state index in [1.807, 2.05) is 34.7 Å². The molecule has 2 aromatic heterocycles. The number of nitrogens with zero attached hydrogens (tertiary/aromatic N) is 3. The maximum Gasteiger partial charge on any atom is 0.200 e. The van der Waals surface area contributed by atoms with Crippen molar-refractivity contribution in [2.75, 3.05) is 7.11 Å². The van der Waals surface area contributed by atoms with E-state index in [-0.39, 0.29) is 0 Å². The van der Waals surface area contributed by atoms with Gasteiger partial charge in [0.25, 0.3) is 0 Å². The van der Waals surface area contributed by atoms with Gasteiger partial charge in [-0.25, -0.2) is 4.40 Å². The SMILES string of the molecule is COc1cccc2nnc(-c3cccc(C)c3)n12. The molecule has 0 unspecified atom stereocenters. The molecular weight excluding hydrogens is 226 g/mol. The molecule has 0 fully saturated rings. The lowest BCUT2D eigenvalue weighted by atomic mass is 10.1. The van der Waals surface area contributed by atoms with Crippen LogP contribution in [0.15, 0.2) is 42.5 Å². The number of ether oxygens (including phenoxy) is 1. The predicted molar refractivity (Wildman–Crippen MR) is 69.7 cm³/mol. The van der Waals surface area contributed by atoms with E-state index in [9.17, 15) is 0 Å². The second-order valence-electron chi connectivity index (χ2n) is 4.15. The first-order valence-corrected chi connectivity index (χ1v) is 5.75. The molecule has 1 aromatic carbocycles. The van der Waals surface area contributed by atoms with Gasteiger partial charge in [-0.05, 0) is 25.1 Å². The van der Waals surface area contributed by atoms with Crippen LogP contribution in [0.4, 0.5) is 0 Å². The van der Waals surface area contributed by atoms with Gasteiger partial charge < -0.3 is 4.74 Å². The number of aryl methyl sites for hydroxylation is 1. The van der Waals surface area contributed by atoms with Crippen molar-refractivity contribution < 1.29 is 4.74 Å². The largest absolute Gasteiger partial charge is 0.482 e. The van der Waals surface area contributed by atoms with Gasteiger partial charge in [0.05, 0.1) is 7.11 Å². The molecule has 18 heavy (non-hydrogen) atoms. The quantitative estimate of drug-likeness (QED) is 0.690. The molecule has 4 heteroatoms. The highest BCUT2D eigenvalue weighted by Crippen LogP contribution is 2.23. The Morgan fingerprint density at radius 1 is 1.06 bits per heavy atom. The molecule has 0 N–H and O–H groups in total. The van der Waals surface area contributed by atoms with E-state index in [2.05, 4.69) is 29.3 Å². The number of benzene rings is 1. The lowest BCUT2D eigenvalue weighted by Crippen LogP contribution is -1.96. The van der Waals surface area contributed by atoms with Crippen LogP contribution in [0.3, 0.4) is 0 Å². The summed E-state index contributed by atoms with van der Waals surface area (Å²) in [5.41, 5.74) is 3.01. The summed E-state index contributed by atoms with van der Waals surface area (Å²) >= 11 is 0. The molecule has 90 valence electrons. The Hall–Kier alpha value is -2.36. The number of methoxy groups -OCH3 is 1. The first-order chi connectivity index (χ1) is 8.79. The van der Waals surface area contributed by atoms with Gasteiger partial charge in [-0.2, -0.15) is 0 Å². The fourth-order valence-electron chi connectivity index (χ4n) is 2.04. The second kappa shape index (κ2) is 4.14. The normalized spacial score (nSPS) is 10.8. The predicted octanol–water partition coefficient (Wildman–Crippen LogP) is 2.71. The lowest BCUT2D eigenvalue weighted by Gasteiger charge is -2.06. The highest BCUT2D eigenvalue weighted by molar-refractivity contribution is 5.61. The van der Waals surface area contributed by atoms with E-state index in [1.54, 1.807) is 7.11 Å². The minimum Gasteiger partial charge on any atom is -0.482 e. The summed E-state index contributed by atoms with van der Waals surface area (Å²) in [6, 6.07) is 13.9. The molecule has 2 heterocycles. The molecule has 0 aliphatic heterocycles. The Morgan fingerprint density at radius 2 is 1.89 bits per heavy atom. The van der Waals surface area contributed by atoms with Crippen molar-refractivity contribution in [2.45, 2.75) is 6.92 Å². The molecule has 0 amide bonds. The zero-order valence-electron chi connectivity index (χ0n) is 10.3. The van der Waals surface area contributed by atoms with Gasteiger partial charge >= 0.3 is 0 Å². The van der Waals surface area contributed by atoms with E-state index < -0.39 is 0 Å². The average Bonchev–Trinajstić information content (AvgIpc) is 2.82. The van der Waals surface area contributed by atoms with Crippen molar-refractivity contribution in [1.82, 2.24) is 14.6 Å². The summed E-state index contributed by atoms with van der Waals surface area (Å²) in [5, 5.41) is 8.41. The Labute approximate surface area is 105 Å². The van der Waals surface area contributed by atoms with Crippen molar-refractivity contribution in [3.05, 3.63) is 48.0 Å². The summed E-state index contributed by atoms with van der Waals surface area (Å²) in [7, 11) is 1.65. The Balaban J connectivity index is 2.30. The monoisotopic (exact) mass is 239 g/mol. The first-order valence-electron chi connectivity index (χ1n) is 5.75. The lowest BCUT2D eigenvalue weighted by molar-refractivity contribution is 0.393. The zero-order chi connectivity index (χ0) is 12.5. The fourth-order valence-corrected chi connectivity index (χ4v) is 2.04. The van der Waals surface area contributed by atoms with E-state index in [4.69, 9.17) is 4.74 Å². The van der Waals surface area contributed by atoms with Gasteiger partial charge in [-0.15, -0.1) is 10.2 Å². The first kappa shape index (κ1) is 10.8. The Bertz CT molecular complexity index is 703. The molecule has 0 aliphatic carbocycles. The van der Waals surface area contributed by atoms with E-state index in [1.165, 1.54) is 5.56 Å². The molecule has 0 radical (unpaired) electrons. The maximum atomic E-state index is 5.36. The second-order valence-corrected chi connectivity index (χ2v) is 4.15. The molecule has 0 spiro atoms. The third-order valence-corrected chi connectivity index (χ3v) is 2.88. The molecule has 0 saturated carbocycles. The number of aromatic nitrogens is 3.